The lowest BCUT2D eigenvalue weighted by Gasteiger charge is -2.28. The first-order valence-corrected chi connectivity index (χ1v) is 16.4. The number of halogens is 5. The van der Waals surface area contributed by atoms with Crippen molar-refractivity contribution in [2.75, 3.05) is 50.9 Å². The zero-order valence-corrected chi connectivity index (χ0v) is 27.8. The van der Waals surface area contributed by atoms with E-state index in [9.17, 15) is 17.6 Å². The van der Waals surface area contributed by atoms with Crippen LogP contribution in [0.25, 0.3) is 22.2 Å². The van der Waals surface area contributed by atoms with Gasteiger partial charge in [-0.2, -0.15) is 23.1 Å². The van der Waals surface area contributed by atoms with Crippen molar-refractivity contribution in [3.8, 4) is 23.1 Å². The summed E-state index contributed by atoms with van der Waals surface area (Å²) in [5, 5.41) is 9.69. The summed E-state index contributed by atoms with van der Waals surface area (Å²) in [6.45, 7) is 9.47. The molecule has 0 amide bonds. The number of nitrogen functional groups attached to an aromatic ring is 1. The van der Waals surface area contributed by atoms with Crippen LogP contribution in [0.3, 0.4) is 0 Å². The topological polar surface area (TPSA) is 119 Å². The van der Waals surface area contributed by atoms with E-state index in [2.05, 4.69) is 30.9 Å². The number of hydrogen-bond donors (Lipinski definition) is 4. The van der Waals surface area contributed by atoms with Gasteiger partial charge in [0.15, 0.2) is 5.82 Å². The summed E-state index contributed by atoms with van der Waals surface area (Å²) >= 11 is 0. The van der Waals surface area contributed by atoms with Crippen molar-refractivity contribution < 1.29 is 31.4 Å². The van der Waals surface area contributed by atoms with Gasteiger partial charge >= 0.3 is 12.2 Å². The van der Waals surface area contributed by atoms with Crippen LogP contribution < -0.4 is 31.2 Å². The van der Waals surface area contributed by atoms with Crippen LogP contribution in [-0.4, -0.2) is 60.9 Å². The molecule has 3 heterocycles. The molecule has 0 spiro atoms. The van der Waals surface area contributed by atoms with Crippen LogP contribution in [0.4, 0.5) is 33.5 Å². The highest BCUT2D eigenvalue weighted by Crippen LogP contribution is 2.45. The van der Waals surface area contributed by atoms with Crippen LogP contribution in [0.15, 0.2) is 6.07 Å². The van der Waals surface area contributed by atoms with Crippen molar-refractivity contribution in [2.45, 2.75) is 84.9 Å². The van der Waals surface area contributed by atoms with Gasteiger partial charge in [0.2, 0.25) is 5.88 Å². The first-order chi connectivity index (χ1) is 22.4. The molecule has 5 N–H and O–H groups in total. The molecule has 0 radical (unpaired) electrons. The number of anilines is 2. The number of nitrogens with two attached hydrogens (primary N) is 1. The Morgan fingerprint density at radius 1 is 1.09 bits per heavy atom. The smallest absolute Gasteiger partial charge is 0.417 e. The van der Waals surface area contributed by atoms with E-state index >= 15 is 4.39 Å². The molecule has 1 aliphatic heterocycles. The molecule has 1 unspecified atom stereocenters. The van der Waals surface area contributed by atoms with E-state index in [-0.39, 0.29) is 34.0 Å². The zero-order valence-electron chi connectivity index (χ0n) is 27.8. The lowest BCUT2D eigenvalue weighted by molar-refractivity contribution is -0.137. The van der Waals surface area contributed by atoms with E-state index in [0.29, 0.717) is 32.7 Å². The highest BCUT2D eigenvalue weighted by molar-refractivity contribution is 5.96. The number of benzene rings is 1. The lowest BCUT2D eigenvalue weighted by Crippen LogP contribution is -2.27. The maximum atomic E-state index is 16.6. The molecule has 9 nitrogen and oxygen atoms in total. The third kappa shape index (κ3) is 8.14. The maximum absolute atomic E-state index is 16.6. The molecule has 3 aromatic rings. The van der Waals surface area contributed by atoms with Crippen LogP contribution in [-0.2, 0) is 6.18 Å². The molecular formula is C33H46F5N7O2. The van der Waals surface area contributed by atoms with Gasteiger partial charge in [-0.05, 0) is 77.7 Å². The van der Waals surface area contributed by atoms with Gasteiger partial charge in [-0.3, -0.25) is 0 Å². The van der Waals surface area contributed by atoms with E-state index in [0.717, 1.165) is 58.1 Å². The number of pyridine rings is 1. The van der Waals surface area contributed by atoms with E-state index < -0.39 is 52.0 Å². The van der Waals surface area contributed by atoms with Gasteiger partial charge < -0.3 is 31.2 Å². The summed E-state index contributed by atoms with van der Waals surface area (Å²) < 4.78 is 86.5. The first kappa shape index (κ1) is 36.3. The van der Waals surface area contributed by atoms with Gasteiger partial charge in [0.25, 0.3) is 0 Å². The minimum atomic E-state index is -5.04. The predicted octanol–water partition coefficient (Wildman–Crippen LogP) is 7.02. The minimum Gasteiger partial charge on any atom is -0.474 e. The second-order valence-electron chi connectivity index (χ2n) is 12.1. The molecule has 1 saturated carbocycles. The Morgan fingerprint density at radius 3 is 2.49 bits per heavy atom. The van der Waals surface area contributed by atoms with E-state index in [4.69, 9.17) is 15.2 Å². The molecule has 0 bridgehead atoms. The number of alkyl halides is 3. The Bertz CT molecular complexity index is 1530. The Morgan fingerprint density at radius 2 is 1.81 bits per heavy atom. The second kappa shape index (κ2) is 15.6. The first-order valence-electron chi connectivity index (χ1n) is 16.4. The van der Waals surface area contributed by atoms with Crippen molar-refractivity contribution in [3.05, 3.63) is 28.8 Å². The van der Waals surface area contributed by atoms with E-state index in [1.165, 1.54) is 0 Å². The average molecular weight is 668 g/mol. The SMILES string of the molecule is CC.CNCCCC1(COc2nc3c4c(nc(-c5cc(N)c(F)c(C)c5C(F)(F)F)c(F)c4n2)OC(C)CCNCCN3)CCCC1. The van der Waals surface area contributed by atoms with E-state index in [1.54, 1.807) is 6.92 Å². The van der Waals surface area contributed by atoms with Gasteiger partial charge in [0.1, 0.15) is 28.2 Å². The third-order valence-electron chi connectivity index (χ3n) is 8.74. The molecular weight excluding hydrogens is 621 g/mol. The highest BCUT2D eigenvalue weighted by atomic mass is 19.4. The summed E-state index contributed by atoms with van der Waals surface area (Å²) in [7, 11) is 1.90. The van der Waals surface area contributed by atoms with Crippen molar-refractivity contribution >= 4 is 22.4 Å². The van der Waals surface area contributed by atoms with Gasteiger partial charge in [0.05, 0.1) is 24.0 Å². The largest absolute Gasteiger partial charge is 0.474 e. The lowest BCUT2D eigenvalue weighted by atomic mass is 9.82. The molecule has 5 rings (SSSR count). The van der Waals surface area contributed by atoms with Crippen LogP contribution in [0.2, 0.25) is 0 Å². The number of rotatable bonds is 8. The summed E-state index contributed by atoms with van der Waals surface area (Å²) in [5.41, 5.74) is 1.20. The fourth-order valence-corrected chi connectivity index (χ4v) is 6.35. The predicted molar refractivity (Wildman–Crippen MR) is 174 cm³/mol. The molecule has 1 atom stereocenters. The molecule has 2 aromatic heterocycles. The fourth-order valence-electron chi connectivity index (χ4n) is 6.35. The number of aromatic nitrogens is 3. The summed E-state index contributed by atoms with van der Waals surface area (Å²) in [6, 6.07) is 0.633. The third-order valence-corrected chi connectivity index (χ3v) is 8.74. The van der Waals surface area contributed by atoms with Crippen LogP contribution in [0, 0.1) is 24.0 Å². The summed E-state index contributed by atoms with van der Waals surface area (Å²) in [4.78, 5) is 13.2. The zero-order chi connectivity index (χ0) is 34.4. The standard InChI is InChI=1S/C31H40F5N7O2.C2H6/c1-17-7-12-39-13-14-40-27-21-26(42-29(43-27)44-16-30(8-4-5-9-30)10-6-11-38-3)24(33)25(41-28(21)45-17)19-15-20(37)23(32)18(2)22(19)31(34,35)36;1-2/h15,17,38-39H,4-14,16,37H2,1-3H3,(H,40,42,43);1-2H3. The van der Waals surface area contributed by atoms with Crippen molar-refractivity contribution in [3.63, 3.8) is 0 Å². The van der Waals surface area contributed by atoms with Crippen LogP contribution in [0.1, 0.15) is 76.8 Å². The summed E-state index contributed by atoms with van der Waals surface area (Å²) in [5.74, 6) is -2.37. The van der Waals surface area contributed by atoms with E-state index in [1.807, 2.05) is 20.9 Å². The number of nitrogens with zero attached hydrogens (tertiary/aromatic N) is 3. The molecule has 14 heteroatoms. The highest BCUT2D eigenvalue weighted by Gasteiger charge is 2.39. The molecule has 47 heavy (non-hydrogen) atoms. The fraction of sp³-hybridized carbons (Fsp3) is 0.606. The number of ether oxygens (including phenoxy) is 2. The van der Waals surface area contributed by atoms with Gasteiger partial charge in [-0.25, -0.2) is 13.8 Å². The Labute approximate surface area is 272 Å². The van der Waals surface area contributed by atoms with Gasteiger partial charge in [-0.15, -0.1) is 0 Å². The number of nitrogens with one attached hydrogen (secondary N) is 3. The monoisotopic (exact) mass is 667 g/mol. The Hall–Kier alpha value is -3.52. The number of hydrogen-bond acceptors (Lipinski definition) is 9. The van der Waals surface area contributed by atoms with Crippen molar-refractivity contribution in [2.24, 2.45) is 5.41 Å². The molecule has 260 valence electrons. The van der Waals surface area contributed by atoms with Gasteiger partial charge in [0, 0.05) is 24.1 Å². The van der Waals surface area contributed by atoms with Crippen LogP contribution in [0.5, 0.6) is 11.9 Å². The maximum Gasteiger partial charge on any atom is 0.417 e. The molecule has 1 aromatic carbocycles. The quantitative estimate of drug-likeness (QED) is 0.114. The Kier molecular flexibility index (Phi) is 12.0. The average Bonchev–Trinajstić information content (AvgIpc) is 3.49. The normalized spacial score (nSPS) is 18.0. The molecule has 0 saturated heterocycles. The Balaban J connectivity index is 0.00000245. The molecule has 2 aliphatic rings. The van der Waals surface area contributed by atoms with Gasteiger partial charge in [-0.1, -0.05) is 26.7 Å². The second-order valence-corrected chi connectivity index (χ2v) is 12.1. The van der Waals surface area contributed by atoms with Crippen molar-refractivity contribution in [1.82, 2.24) is 25.6 Å². The minimum absolute atomic E-state index is 0.0716. The van der Waals surface area contributed by atoms with Crippen LogP contribution >= 0.6 is 0 Å². The van der Waals surface area contributed by atoms with Crippen molar-refractivity contribution in [1.29, 1.82) is 0 Å². The molecule has 1 aliphatic carbocycles. The molecule has 1 fully saturated rings. The summed E-state index contributed by atoms with van der Waals surface area (Å²) in [6.07, 6.45) is 1.05.